The molecule has 3 aromatic rings. The Hall–Kier alpha value is -2.69. The average molecular weight is 374 g/mol. The topological polar surface area (TPSA) is 51.0 Å². The number of aryl methyl sites for hydroxylation is 1. The number of rotatable bonds is 2. The zero-order chi connectivity index (χ0) is 18.9. The molecule has 2 aliphatic rings. The number of carbonyl (C=O) groups is 1. The van der Waals surface area contributed by atoms with Gasteiger partial charge in [-0.15, -0.1) is 10.2 Å². The lowest BCUT2D eigenvalue weighted by Gasteiger charge is -2.32. The fourth-order valence-electron chi connectivity index (χ4n) is 4.69. The van der Waals surface area contributed by atoms with E-state index in [1.165, 1.54) is 24.6 Å². The fourth-order valence-corrected chi connectivity index (χ4v) is 4.69. The van der Waals surface area contributed by atoms with Crippen LogP contribution < -0.4 is 0 Å². The molecule has 0 saturated carbocycles. The van der Waals surface area contributed by atoms with Gasteiger partial charge in [0.2, 0.25) is 0 Å². The van der Waals surface area contributed by atoms with Crippen LogP contribution in [0.3, 0.4) is 0 Å². The number of amides is 1. The molecule has 5 rings (SSSR count). The monoisotopic (exact) mass is 374 g/mol. The highest BCUT2D eigenvalue weighted by Crippen LogP contribution is 2.29. The van der Waals surface area contributed by atoms with Gasteiger partial charge in [-0.25, -0.2) is 0 Å². The summed E-state index contributed by atoms with van der Waals surface area (Å²) in [7, 11) is 0. The fraction of sp³-hybridized carbons (Fsp3) is 0.435. The van der Waals surface area contributed by atoms with Gasteiger partial charge in [0.1, 0.15) is 11.6 Å². The van der Waals surface area contributed by atoms with Crippen LogP contribution in [0.25, 0.3) is 10.8 Å². The molecule has 0 aliphatic carbocycles. The number of aromatic nitrogens is 3. The Morgan fingerprint density at radius 3 is 2.75 bits per heavy atom. The molecule has 1 saturated heterocycles. The van der Waals surface area contributed by atoms with E-state index >= 15 is 0 Å². The molecule has 1 fully saturated rings. The van der Waals surface area contributed by atoms with Gasteiger partial charge in [-0.1, -0.05) is 36.8 Å². The van der Waals surface area contributed by atoms with E-state index in [1.807, 2.05) is 35.2 Å². The number of nitrogens with zero attached hydrogens (tertiary/aromatic N) is 4. The maximum Gasteiger partial charge on any atom is 0.253 e. The molecule has 5 nitrogen and oxygen atoms in total. The molecule has 3 heterocycles. The number of fused-ring (bicyclic) bond motifs is 2. The second-order valence-electron chi connectivity index (χ2n) is 8.09. The van der Waals surface area contributed by atoms with Crippen molar-refractivity contribution < 1.29 is 4.79 Å². The molecular weight excluding hydrogens is 348 g/mol. The van der Waals surface area contributed by atoms with Crippen molar-refractivity contribution in [2.24, 2.45) is 0 Å². The first kappa shape index (κ1) is 17.4. The van der Waals surface area contributed by atoms with Crippen LogP contribution in [0.15, 0.2) is 42.5 Å². The van der Waals surface area contributed by atoms with Gasteiger partial charge in [0.05, 0.1) is 0 Å². The van der Waals surface area contributed by atoms with Gasteiger partial charge in [0, 0.05) is 37.5 Å². The van der Waals surface area contributed by atoms with E-state index in [9.17, 15) is 4.79 Å². The number of carbonyl (C=O) groups excluding carboxylic acids is 1. The molecule has 1 amide bonds. The molecule has 2 aliphatic heterocycles. The number of hydrogen-bond acceptors (Lipinski definition) is 3. The van der Waals surface area contributed by atoms with Crippen LogP contribution in [0.5, 0.6) is 0 Å². The summed E-state index contributed by atoms with van der Waals surface area (Å²) in [6.45, 7) is 2.58. The minimum Gasteiger partial charge on any atom is -0.338 e. The Kier molecular flexibility index (Phi) is 4.59. The van der Waals surface area contributed by atoms with E-state index in [-0.39, 0.29) is 11.8 Å². The molecule has 1 aromatic heterocycles. The van der Waals surface area contributed by atoms with Gasteiger partial charge in [0.25, 0.3) is 5.91 Å². The standard InChI is InChI=1S/C23H26N4O/c28-23(19-12-11-17-7-3-4-8-18(17)15-19)26-13-6-9-20(16-26)22-25-24-21-10-2-1-5-14-27(21)22/h3-4,7-8,11-12,15,20H,1-2,5-6,9-10,13-14,16H2. The molecule has 0 bridgehead atoms. The summed E-state index contributed by atoms with van der Waals surface area (Å²) >= 11 is 0. The van der Waals surface area contributed by atoms with Gasteiger partial charge in [-0.3, -0.25) is 4.79 Å². The number of hydrogen-bond donors (Lipinski definition) is 0. The lowest BCUT2D eigenvalue weighted by Crippen LogP contribution is -2.39. The maximum absolute atomic E-state index is 13.2. The summed E-state index contributed by atoms with van der Waals surface area (Å²) < 4.78 is 2.33. The van der Waals surface area contributed by atoms with Crippen molar-refractivity contribution >= 4 is 16.7 Å². The van der Waals surface area contributed by atoms with Gasteiger partial charge in [0.15, 0.2) is 0 Å². The van der Waals surface area contributed by atoms with Crippen molar-refractivity contribution in [1.82, 2.24) is 19.7 Å². The lowest BCUT2D eigenvalue weighted by atomic mass is 9.96. The van der Waals surface area contributed by atoms with Crippen molar-refractivity contribution in [3.63, 3.8) is 0 Å². The van der Waals surface area contributed by atoms with Crippen LogP contribution in [0.2, 0.25) is 0 Å². The Balaban J connectivity index is 1.38. The van der Waals surface area contributed by atoms with Crippen LogP contribution in [0.4, 0.5) is 0 Å². The number of piperidine rings is 1. The zero-order valence-electron chi connectivity index (χ0n) is 16.2. The summed E-state index contributed by atoms with van der Waals surface area (Å²) in [5.74, 6) is 2.64. The van der Waals surface area contributed by atoms with E-state index in [0.717, 1.165) is 61.5 Å². The first-order valence-corrected chi connectivity index (χ1v) is 10.5. The molecule has 0 spiro atoms. The van der Waals surface area contributed by atoms with E-state index in [0.29, 0.717) is 0 Å². The quantitative estimate of drug-likeness (QED) is 0.676. The van der Waals surface area contributed by atoms with Crippen LogP contribution in [-0.2, 0) is 13.0 Å². The molecular formula is C23H26N4O. The van der Waals surface area contributed by atoms with E-state index in [4.69, 9.17) is 0 Å². The minimum atomic E-state index is 0.131. The Morgan fingerprint density at radius 2 is 1.82 bits per heavy atom. The third-order valence-corrected chi connectivity index (χ3v) is 6.21. The summed E-state index contributed by atoms with van der Waals surface area (Å²) in [4.78, 5) is 15.2. The molecule has 5 heteroatoms. The Bertz CT molecular complexity index is 1010. The van der Waals surface area contributed by atoms with Crippen molar-refractivity contribution in [2.75, 3.05) is 13.1 Å². The SMILES string of the molecule is O=C(c1ccc2ccccc2c1)N1CCCC(c2nnc3n2CCCCC3)C1. The third-order valence-electron chi connectivity index (χ3n) is 6.21. The highest BCUT2D eigenvalue weighted by Gasteiger charge is 2.30. The van der Waals surface area contributed by atoms with E-state index in [2.05, 4.69) is 26.9 Å². The smallest absolute Gasteiger partial charge is 0.253 e. The minimum absolute atomic E-state index is 0.131. The average Bonchev–Trinajstić information content (AvgIpc) is 3.01. The van der Waals surface area contributed by atoms with Gasteiger partial charge in [-0.05, 0) is 48.6 Å². The van der Waals surface area contributed by atoms with Gasteiger partial charge >= 0.3 is 0 Å². The number of likely N-dealkylation sites (tertiary alicyclic amines) is 1. The van der Waals surface area contributed by atoms with Crippen molar-refractivity contribution in [2.45, 2.75) is 51.0 Å². The summed E-state index contributed by atoms with van der Waals surface area (Å²) in [5.41, 5.74) is 0.777. The second-order valence-corrected chi connectivity index (χ2v) is 8.09. The van der Waals surface area contributed by atoms with Crippen LogP contribution in [0, 0.1) is 0 Å². The molecule has 0 N–H and O–H groups in total. The molecule has 2 aromatic carbocycles. The molecule has 1 atom stereocenters. The normalized spacial score (nSPS) is 20.0. The molecule has 0 radical (unpaired) electrons. The third kappa shape index (κ3) is 3.19. The molecule has 28 heavy (non-hydrogen) atoms. The van der Waals surface area contributed by atoms with Crippen LogP contribution in [0.1, 0.15) is 60.0 Å². The lowest BCUT2D eigenvalue weighted by molar-refractivity contribution is 0.0703. The first-order valence-electron chi connectivity index (χ1n) is 10.5. The number of benzene rings is 2. The zero-order valence-corrected chi connectivity index (χ0v) is 16.2. The van der Waals surface area contributed by atoms with Gasteiger partial charge in [-0.2, -0.15) is 0 Å². The van der Waals surface area contributed by atoms with E-state index in [1.54, 1.807) is 0 Å². The largest absolute Gasteiger partial charge is 0.338 e. The Labute approximate surface area is 165 Å². The Morgan fingerprint density at radius 1 is 0.929 bits per heavy atom. The van der Waals surface area contributed by atoms with Gasteiger partial charge < -0.3 is 9.47 Å². The summed E-state index contributed by atoms with van der Waals surface area (Å²) in [6, 6.07) is 14.2. The van der Waals surface area contributed by atoms with Crippen LogP contribution >= 0.6 is 0 Å². The first-order chi connectivity index (χ1) is 13.8. The van der Waals surface area contributed by atoms with Crippen molar-refractivity contribution in [3.8, 4) is 0 Å². The summed E-state index contributed by atoms with van der Waals surface area (Å²) in [5, 5.41) is 11.3. The second kappa shape index (κ2) is 7.38. The van der Waals surface area contributed by atoms with E-state index < -0.39 is 0 Å². The molecule has 144 valence electrons. The highest BCUT2D eigenvalue weighted by molar-refractivity contribution is 5.98. The maximum atomic E-state index is 13.2. The predicted octanol–water partition coefficient (Wildman–Crippen LogP) is 4.18. The predicted molar refractivity (Wildman–Crippen MR) is 109 cm³/mol. The van der Waals surface area contributed by atoms with Crippen LogP contribution in [-0.4, -0.2) is 38.7 Å². The molecule has 1 unspecified atom stereocenters. The van der Waals surface area contributed by atoms with Crippen molar-refractivity contribution in [3.05, 3.63) is 59.7 Å². The summed E-state index contributed by atoms with van der Waals surface area (Å²) in [6.07, 6.45) is 6.80. The highest BCUT2D eigenvalue weighted by atomic mass is 16.2. The van der Waals surface area contributed by atoms with Crippen molar-refractivity contribution in [1.29, 1.82) is 0 Å².